The maximum atomic E-state index is 12.0. The van der Waals surface area contributed by atoms with E-state index in [-0.39, 0.29) is 16.9 Å². The van der Waals surface area contributed by atoms with Crippen molar-refractivity contribution in [3.05, 3.63) is 12.2 Å². The van der Waals surface area contributed by atoms with E-state index in [2.05, 4.69) is 44.8 Å². The molecule has 0 unspecified atom stereocenters. The van der Waals surface area contributed by atoms with E-state index in [1.54, 1.807) is 6.08 Å². The number of hydrogen-bond donors (Lipinski definition) is 1. The zero-order valence-corrected chi connectivity index (χ0v) is 17.3. The summed E-state index contributed by atoms with van der Waals surface area (Å²) in [6.45, 7) is 22.0. The maximum absolute atomic E-state index is 12.0. The molecule has 0 aromatic carbocycles. The fourth-order valence-electron chi connectivity index (χ4n) is 2.23. The van der Waals surface area contributed by atoms with Crippen LogP contribution in [0.1, 0.15) is 81.6 Å². The van der Waals surface area contributed by atoms with Gasteiger partial charge in [-0.05, 0) is 51.6 Å². The van der Waals surface area contributed by atoms with Crippen molar-refractivity contribution in [2.45, 2.75) is 87.1 Å². The van der Waals surface area contributed by atoms with Gasteiger partial charge in [0.1, 0.15) is 0 Å². The Morgan fingerprint density at radius 3 is 1.96 bits per heavy atom. The molecule has 23 heavy (non-hydrogen) atoms. The van der Waals surface area contributed by atoms with Crippen molar-refractivity contribution in [1.29, 1.82) is 0 Å². The van der Waals surface area contributed by atoms with Gasteiger partial charge in [0, 0.05) is 18.2 Å². The smallest absolute Gasteiger partial charge is 0.244 e. The van der Waals surface area contributed by atoms with Gasteiger partial charge in [-0.25, -0.2) is 0 Å². The van der Waals surface area contributed by atoms with Crippen molar-refractivity contribution < 1.29 is 4.79 Å². The standard InChI is InChI=1S/C16H30N2O.2C2H6/c1-6-15(2,3)16(4,5)17-14(19)10-9-13-18-11-7-8-12-18;2*1-2/h9-10H,6-8,11-13H2,1-5H3,(H,17,19);2*1-2H3/b10-9+;;. The molecule has 0 aliphatic carbocycles. The average molecular weight is 327 g/mol. The number of hydrogen-bond acceptors (Lipinski definition) is 2. The zero-order chi connectivity index (χ0) is 18.5. The third-order valence-corrected chi connectivity index (χ3v) is 4.84. The van der Waals surface area contributed by atoms with E-state index in [0.717, 1.165) is 13.0 Å². The highest BCUT2D eigenvalue weighted by molar-refractivity contribution is 5.88. The second-order valence-electron chi connectivity index (χ2n) is 6.76. The number of nitrogens with one attached hydrogen (secondary N) is 1. The largest absolute Gasteiger partial charge is 0.347 e. The van der Waals surface area contributed by atoms with Crippen LogP contribution in [0.3, 0.4) is 0 Å². The molecule has 0 spiro atoms. The number of amides is 1. The summed E-state index contributed by atoms with van der Waals surface area (Å²) in [4.78, 5) is 14.4. The molecule has 1 N–H and O–H groups in total. The van der Waals surface area contributed by atoms with Crippen LogP contribution in [0.2, 0.25) is 0 Å². The molecule has 3 heteroatoms. The first kappa shape index (κ1) is 24.4. The van der Waals surface area contributed by atoms with Gasteiger partial charge < -0.3 is 5.32 Å². The summed E-state index contributed by atoms with van der Waals surface area (Å²) < 4.78 is 0. The van der Waals surface area contributed by atoms with E-state index in [1.165, 1.54) is 25.9 Å². The SMILES string of the molecule is CC.CC.CCC(C)(C)C(C)(C)NC(=O)/C=C/CN1CCCC1. The third kappa shape index (κ3) is 9.14. The van der Waals surface area contributed by atoms with Gasteiger partial charge in [0.25, 0.3) is 0 Å². The second-order valence-corrected chi connectivity index (χ2v) is 6.76. The van der Waals surface area contributed by atoms with Crippen LogP contribution in [0.5, 0.6) is 0 Å². The molecule has 1 amide bonds. The molecule has 1 saturated heterocycles. The first-order valence-corrected chi connectivity index (χ1v) is 9.49. The highest BCUT2D eigenvalue weighted by atomic mass is 16.1. The first-order chi connectivity index (χ1) is 10.8. The molecule has 138 valence electrons. The minimum atomic E-state index is -0.198. The number of carbonyl (C=O) groups is 1. The lowest BCUT2D eigenvalue weighted by Crippen LogP contribution is -2.53. The average Bonchev–Trinajstić information content (AvgIpc) is 3.04. The van der Waals surface area contributed by atoms with Crippen molar-refractivity contribution >= 4 is 5.91 Å². The van der Waals surface area contributed by atoms with Crippen LogP contribution in [0, 0.1) is 5.41 Å². The van der Waals surface area contributed by atoms with Gasteiger partial charge in [0.2, 0.25) is 5.91 Å². The van der Waals surface area contributed by atoms with Crippen LogP contribution in [-0.2, 0) is 4.79 Å². The normalized spacial score (nSPS) is 15.5. The molecule has 0 aromatic heterocycles. The van der Waals surface area contributed by atoms with E-state index in [1.807, 2.05) is 33.8 Å². The Bertz CT molecular complexity index is 327. The molecule has 0 atom stereocenters. The van der Waals surface area contributed by atoms with E-state index in [4.69, 9.17) is 0 Å². The Balaban J connectivity index is 0. The Morgan fingerprint density at radius 1 is 1.04 bits per heavy atom. The highest BCUT2D eigenvalue weighted by Gasteiger charge is 2.36. The Kier molecular flexibility index (Phi) is 13.4. The van der Waals surface area contributed by atoms with Gasteiger partial charge in [-0.15, -0.1) is 0 Å². The topological polar surface area (TPSA) is 32.3 Å². The molecule has 0 radical (unpaired) electrons. The predicted molar refractivity (Wildman–Crippen MR) is 104 cm³/mol. The zero-order valence-electron chi connectivity index (χ0n) is 17.3. The van der Waals surface area contributed by atoms with Gasteiger partial charge in [0.15, 0.2) is 0 Å². The van der Waals surface area contributed by atoms with Gasteiger partial charge >= 0.3 is 0 Å². The van der Waals surface area contributed by atoms with Gasteiger partial charge in [-0.1, -0.05) is 54.5 Å². The van der Waals surface area contributed by atoms with E-state index in [0.29, 0.717) is 0 Å². The van der Waals surface area contributed by atoms with Gasteiger partial charge in [0.05, 0.1) is 0 Å². The van der Waals surface area contributed by atoms with Gasteiger partial charge in [-0.3, -0.25) is 9.69 Å². The minimum absolute atomic E-state index is 0.0192. The molecule has 1 aliphatic rings. The number of nitrogens with zero attached hydrogens (tertiary/aromatic N) is 1. The molecular weight excluding hydrogens is 284 g/mol. The fraction of sp³-hybridized carbons (Fsp3) is 0.850. The Labute approximate surface area is 145 Å². The lowest BCUT2D eigenvalue weighted by molar-refractivity contribution is -0.119. The Hall–Kier alpha value is -0.830. The summed E-state index contributed by atoms with van der Waals surface area (Å²) in [6.07, 6.45) is 7.29. The van der Waals surface area contributed by atoms with Gasteiger partial charge in [-0.2, -0.15) is 0 Å². The van der Waals surface area contributed by atoms with Crippen molar-refractivity contribution in [3.63, 3.8) is 0 Å². The third-order valence-electron chi connectivity index (χ3n) is 4.84. The van der Waals surface area contributed by atoms with Crippen LogP contribution < -0.4 is 5.32 Å². The lowest BCUT2D eigenvalue weighted by atomic mass is 9.72. The summed E-state index contributed by atoms with van der Waals surface area (Å²) in [5, 5.41) is 3.13. The number of rotatable bonds is 6. The maximum Gasteiger partial charge on any atom is 0.244 e. The van der Waals surface area contributed by atoms with Crippen LogP contribution in [0.25, 0.3) is 0 Å². The molecule has 0 saturated carbocycles. The quantitative estimate of drug-likeness (QED) is 0.695. The molecule has 3 nitrogen and oxygen atoms in total. The molecule has 1 aliphatic heterocycles. The van der Waals surface area contributed by atoms with E-state index < -0.39 is 0 Å². The number of carbonyl (C=O) groups excluding carboxylic acids is 1. The molecule has 0 aromatic rings. The van der Waals surface area contributed by atoms with Crippen LogP contribution in [-0.4, -0.2) is 36.0 Å². The minimum Gasteiger partial charge on any atom is -0.347 e. The van der Waals surface area contributed by atoms with Crippen molar-refractivity contribution in [2.24, 2.45) is 5.41 Å². The number of likely N-dealkylation sites (tertiary alicyclic amines) is 1. The molecular formula is C20H42N2O. The lowest BCUT2D eigenvalue weighted by Gasteiger charge is -2.41. The fourth-order valence-corrected chi connectivity index (χ4v) is 2.23. The molecule has 1 rings (SSSR count). The van der Waals surface area contributed by atoms with Crippen LogP contribution in [0.4, 0.5) is 0 Å². The summed E-state index contributed by atoms with van der Waals surface area (Å²) in [7, 11) is 0. The van der Waals surface area contributed by atoms with E-state index >= 15 is 0 Å². The van der Waals surface area contributed by atoms with Crippen LogP contribution in [0.15, 0.2) is 12.2 Å². The summed E-state index contributed by atoms with van der Waals surface area (Å²) in [6, 6.07) is 0. The predicted octanol–water partition coefficient (Wildman–Crippen LogP) is 5.02. The second kappa shape index (κ2) is 12.6. The first-order valence-electron chi connectivity index (χ1n) is 9.49. The van der Waals surface area contributed by atoms with E-state index in [9.17, 15) is 4.79 Å². The summed E-state index contributed by atoms with van der Waals surface area (Å²) in [5.41, 5.74) is -0.109. The molecule has 1 fully saturated rings. The summed E-state index contributed by atoms with van der Waals surface area (Å²) in [5.74, 6) is 0.0192. The monoisotopic (exact) mass is 326 g/mol. The summed E-state index contributed by atoms with van der Waals surface area (Å²) >= 11 is 0. The Morgan fingerprint density at radius 2 is 1.52 bits per heavy atom. The van der Waals surface area contributed by atoms with Crippen LogP contribution >= 0.6 is 0 Å². The highest BCUT2D eigenvalue weighted by Crippen LogP contribution is 2.33. The van der Waals surface area contributed by atoms with Crippen molar-refractivity contribution in [1.82, 2.24) is 10.2 Å². The molecule has 0 bridgehead atoms. The van der Waals surface area contributed by atoms with Crippen molar-refractivity contribution in [2.75, 3.05) is 19.6 Å². The molecule has 1 heterocycles. The van der Waals surface area contributed by atoms with Crippen molar-refractivity contribution in [3.8, 4) is 0 Å².